The van der Waals surface area contributed by atoms with Crippen LogP contribution < -0.4 is 10.0 Å². The number of nitrogens with one attached hydrogen (secondary N) is 3. The Kier molecular flexibility index (Phi) is 3.52. The van der Waals surface area contributed by atoms with Crippen LogP contribution in [0.5, 0.6) is 0 Å². The molecule has 18 heavy (non-hydrogen) atoms. The maximum Gasteiger partial charge on any atom is 0.229 e. The van der Waals surface area contributed by atoms with Crippen LogP contribution in [-0.2, 0) is 16.6 Å². The largest absolute Gasteiger partial charge is 0.379 e. The number of rotatable bonds is 5. The molecule has 0 atom stereocenters. The fraction of sp³-hybridized carbons (Fsp3) is 0.182. The first-order valence-electron chi connectivity index (χ1n) is 5.33. The van der Waals surface area contributed by atoms with Crippen LogP contribution in [0.25, 0.3) is 0 Å². The first-order chi connectivity index (χ1) is 8.53. The number of aromatic amines is 1. The van der Waals surface area contributed by atoms with E-state index in [4.69, 9.17) is 0 Å². The van der Waals surface area contributed by atoms with Crippen molar-refractivity contribution in [3.63, 3.8) is 0 Å². The normalized spacial score (nSPS) is 11.2. The number of aromatic nitrogens is 2. The molecule has 96 valence electrons. The van der Waals surface area contributed by atoms with Gasteiger partial charge in [-0.1, -0.05) is 6.07 Å². The Bertz CT molecular complexity index is 608. The predicted molar refractivity (Wildman–Crippen MR) is 70.8 cm³/mol. The zero-order valence-electron chi connectivity index (χ0n) is 9.84. The summed E-state index contributed by atoms with van der Waals surface area (Å²) in [4.78, 5) is 0. The number of H-pyrrole nitrogens is 1. The van der Waals surface area contributed by atoms with Gasteiger partial charge in [-0.05, 0) is 24.3 Å². The summed E-state index contributed by atoms with van der Waals surface area (Å²) in [7, 11) is -3.25. The zero-order chi connectivity index (χ0) is 13.0. The van der Waals surface area contributed by atoms with Crippen molar-refractivity contribution in [2.45, 2.75) is 6.54 Å². The van der Waals surface area contributed by atoms with Crippen molar-refractivity contribution in [2.24, 2.45) is 0 Å². The van der Waals surface area contributed by atoms with Crippen molar-refractivity contribution in [3.05, 3.63) is 42.2 Å². The molecule has 0 fully saturated rings. The van der Waals surface area contributed by atoms with E-state index in [1.165, 1.54) is 0 Å². The first-order valence-corrected chi connectivity index (χ1v) is 7.22. The molecule has 0 amide bonds. The van der Waals surface area contributed by atoms with Gasteiger partial charge in [0.1, 0.15) is 0 Å². The minimum atomic E-state index is -3.25. The molecule has 0 radical (unpaired) electrons. The van der Waals surface area contributed by atoms with Gasteiger partial charge in [0.05, 0.1) is 24.2 Å². The van der Waals surface area contributed by atoms with Gasteiger partial charge in [-0.3, -0.25) is 9.82 Å². The Hall–Kier alpha value is -2.02. The van der Waals surface area contributed by atoms with Crippen LogP contribution in [0.2, 0.25) is 0 Å². The lowest BCUT2D eigenvalue weighted by molar-refractivity contribution is 0.607. The van der Waals surface area contributed by atoms with Crippen molar-refractivity contribution < 1.29 is 8.42 Å². The van der Waals surface area contributed by atoms with Crippen LogP contribution in [0.4, 0.5) is 11.4 Å². The van der Waals surface area contributed by atoms with E-state index in [0.717, 1.165) is 17.6 Å². The number of nitrogens with zero attached hydrogens (tertiary/aromatic N) is 1. The maximum absolute atomic E-state index is 11.1. The summed E-state index contributed by atoms with van der Waals surface area (Å²) in [5.74, 6) is 0. The monoisotopic (exact) mass is 266 g/mol. The molecule has 0 spiro atoms. The Morgan fingerprint density at radius 3 is 2.72 bits per heavy atom. The molecule has 0 aliphatic rings. The summed E-state index contributed by atoms with van der Waals surface area (Å²) in [6.07, 6.45) is 2.80. The van der Waals surface area contributed by atoms with Crippen LogP contribution >= 0.6 is 0 Å². The van der Waals surface area contributed by atoms with Crippen LogP contribution in [0, 0.1) is 0 Å². The number of benzene rings is 1. The Balaban J connectivity index is 2.03. The Labute approximate surface area is 105 Å². The van der Waals surface area contributed by atoms with E-state index >= 15 is 0 Å². The number of sulfonamides is 1. The minimum absolute atomic E-state index is 0.534. The minimum Gasteiger partial charge on any atom is -0.379 e. The average molecular weight is 266 g/mol. The third-order valence-electron chi connectivity index (χ3n) is 2.21. The van der Waals surface area contributed by atoms with Gasteiger partial charge in [0.2, 0.25) is 10.0 Å². The predicted octanol–water partition coefficient (Wildman–Crippen LogP) is 1.39. The van der Waals surface area contributed by atoms with E-state index < -0.39 is 10.0 Å². The highest BCUT2D eigenvalue weighted by Gasteiger charge is 2.02. The molecule has 6 nitrogen and oxygen atoms in total. The lowest BCUT2D eigenvalue weighted by atomic mass is 10.3. The second-order valence-corrected chi connectivity index (χ2v) is 5.64. The quantitative estimate of drug-likeness (QED) is 0.763. The second kappa shape index (κ2) is 5.09. The standard InChI is InChI=1S/C11H14N4O2S/c1-18(16,17)15-10-4-2-3-9(7-10)12-8-11-5-6-13-14-11/h2-7,12,15H,8H2,1H3,(H,13,14). The number of hydrogen-bond acceptors (Lipinski definition) is 4. The molecule has 0 aliphatic heterocycles. The van der Waals surface area contributed by atoms with Crippen LogP contribution in [0.3, 0.4) is 0 Å². The van der Waals surface area contributed by atoms with E-state index in [1.807, 2.05) is 12.1 Å². The third-order valence-corrected chi connectivity index (χ3v) is 2.81. The zero-order valence-corrected chi connectivity index (χ0v) is 10.7. The van der Waals surface area contributed by atoms with E-state index in [0.29, 0.717) is 12.2 Å². The summed E-state index contributed by atoms with van der Waals surface area (Å²) in [6, 6.07) is 8.94. The molecule has 0 bridgehead atoms. The molecule has 0 unspecified atom stereocenters. The molecule has 0 aliphatic carbocycles. The molecule has 1 aromatic carbocycles. The molecular weight excluding hydrogens is 252 g/mol. The van der Waals surface area contributed by atoms with E-state index in [2.05, 4.69) is 20.2 Å². The Morgan fingerprint density at radius 2 is 2.06 bits per heavy atom. The van der Waals surface area contributed by atoms with Gasteiger partial charge in [-0.2, -0.15) is 5.10 Å². The second-order valence-electron chi connectivity index (χ2n) is 3.89. The van der Waals surface area contributed by atoms with Crippen molar-refractivity contribution in [1.29, 1.82) is 0 Å². The van der Waals surface area contributed by atoms with Gasteiger partial charge in [0, 0.05) is 11.9 Å². The molecule has 1 aromatic heterocycles. The van der Waals surface area contributed by atoms with Gasteiger partial charge in [0.15, 0.2) is 0 Å². The van der Waals surface area contributed by atoms with Gasteiger partial charge in [-0.15, -0.1) is 0 Å². The highest BCUT2D eigenvalue weighted by atomic mass is 32.2. The third kappa shape index (κ3) is 3.77. The average Bonchev–Trinajstić information content (AvgIpc) is 2.77. The van der Waals surface area contributed by atoms with Crippen LogP contribution in [-0.4, -0.2) is 24.9 Å². The molecule has 0 saturated heterocycles. The topological polar surface area (TPSA) is 86.9 Å². The van der Waals surface area contributed by atoms with Gasteiger partial charge in [0.25, 0.3) is 0 Å². The molecular formula is C11H14N4O2S. The summed E-state index contributed by atoms with van der Waals surface area (Å²) >= 11 is 0. The molecule has 2 aromatic rings. The highest BCUT2D eigenvalue weighted by molar-refractivity contribution is 7.92. The van der Waals surface area contributed by atoms with Gasteiger partial charge < -0.3 is 5.32 Å². The molecule has 2 rings (SSSR count). The first kappa shape index (κ1) is 12.4. The van der Waals surface area contributed by atoms with Gasteiger partial charge in [-0.25, -0.2) is 8.42 Å². The molecule has 0 saturated carbocycles. The van der Waals surface area contributed by atoms with Crippen molar-refractivity contribution in [2.75, 3.05) is 16.3 Å². The fourth-order valence-corrected chi connectivity index (χ4v) is 2.04. The molecule has 1 heterocycles. The smallest absolute Gasteiger partial charge is 0.229 e. The highest BCUT2D eigenvalue weighted by Crippen LogP contribution is 2.16. The SMILES string of the molecule is CS(=O)(=O)Nc1cccc(NCc2ccn[nH]2)c1. The van der Waals surface area contributed by atoms with E-state index in [1.54, 1.807) is 24.4 Å². The summed E-state index contributed by atoms with van der Waals surface area (Å²) in [6.45, 7) is 0.600. The fourth-order valence-electron chi connectivity index (χ4n) is 1.49. The maximum atomic E-state index is 11.1. The van der Waals surface area contributed by atoms with Crippen molar-refractivity contribution >= 4 is 21.4 Å². The number of anilines is 2. The van der Waals surface area contributed by atoms with Crippen LogP contribution in [0.1, 0.15) is 5.69 Å². The Morgan fingerprint density at radius 1 is 1.28 bits per heavy atom. The van der Waals surface area contributed by atoms with Crippen molar-refractivity contribution in [3.8, 4) is 0 Å². The van der Waals surface area contributed by atoms with E-state index in [-0.39, 0.29) is 0 Å². The van der Waals surface area contributed by atoms with Gasteiger partial charge >= 0.3 is 0 Å². The van der Waals surface area contributed by atoms with Crippen LogP contribution in [0.15, 0.2) is 36.5 Å². The summed E-state index contributed by atoms with van der Waals surface area (Å²) in [5.41, 5.74) is 2.32. The summed E-state index contributed by atoms with van der Waals surface area (Å²) < 4.78 is 24.7. The molecule has 7 heteroatoms. The molecule has 3 N–H and O–H groups in total. The lowest BCUT2D eigenvalue weighted by Gasteiger charge is -2.08. The number of hydrogen-bond donors (Lipinski definition) is 3. The summed E-state index contributed by atoms with van der Waals surface area (Å²) in [5, 5.41) is 9.85. The van der Waals surface area contributed by atoms with E-state index in [9.17, 15) is 8.42 Å². The lowest BCUT2D eigenvalue weighted by Crippen LogP contribution is -2.09. The van der Waals surface area contributed by atoms with Crippen molar-refractivity contribution in [1.82, 2.24) is 10.2 Å².